The van der Waals surface area contributed by atoms with Crippen LogP contribution in [0.5, 0.6) is 0 Å². The fourth-order valence-corrected chi connectivity index (χ4v) is 3.82. The van der Waals surface area contributed by atoms with Gasteiger partial charge in [-0.3, -0.25) is 19.9 Å². The largest absolute Gasteiger partial charge is 0.383 e. The highest BCUT2D eigenvalue weighted by Gasteiger charge is 2.24. The summed E-state index contributed by atoms with van der Waals surface area (Å²) in [4.78, 5) is 29.7. The van der Waals surface area contributed by atoms with Crippen LogP contribution in [0, 0.1) is 16.0 Å². The summed E-state index contributed by atoms with van der Waals surface area (Å²) in [7, 11) is 0. The number of nitrogens with zero attached hydrogens (tertiary/aromatic N) is 3. The van der Waals surface area contributed by atoms with Crippen LogP contribution < -0.4 is 5.32 Å². The maximum absolute atomic E-state index is 12.6. The van der Waals surface area contributed by atoms with Gasteiger partial charge in [0, 0.05) is 37.5 Å². The number of carbonyl (C=O) groups excluding carboxylic acids is 1. The van der Waals surface area contributed by atoms with Crippen molar-refractivity contribution in [2.45, 2.75) is 12.8 Å². The molecule has 0 radical (unpaired) electrons. The lowest BCUT2D eigenvalue weighted by molar-refractivity contribution is -0.383. The zero-order valence-corrected chi connectivity index (χ0v) is 16.0. The number of benzene rings is 2. The number of nitro benzene ring substituents is 1. The third kappa shape index (κ3) is 4.03. The summed E-state index contributed by atoms with van der Waals surface area (Å²) in [6.45, 7) is 2.22. The van der Waals surface area contributed by atoms with Gasteiger partial charge in [-0.15, -0.1) is 0 Å². The van der Waals surface area contributed by atoms with E-state index < -0.39 is 0 Å². The van der Waals surface area contributed by atoms with Gasteiger partial charge in [0.25, 0.3) is 11.6 Å². The Bertz CT molecular complexity index is 1030. The van der Waals surface area contributed by atoms with Crippen molar-refractivity contribution in [1.82, 2.24) is 9.88 Å². The normalized spacial score (nSPS) is 14.7. The summed E-state index contributed by atoms with van der Waals surface area (Å²) in [6.07, 6.45) is 3.48. The molecule has 0 aliphatic carbocycles. The molecule has 0 saturated carbocycles. The van der Waals surface area contributed by atoms with E-state index in [9.17, 15) is 14.9 Å². The average molecular weight is 390 g/mol. The molecule has 2 heterocycles. The maximum Gasteiger partial charge on any atom is 0.278 e. The topological polar surface area (TPSA) is 88.4 Å². The molecule has 7 nitrogen and oxygen atoms in total. The lowest BCUT2D eigenvalue weighted by atomic mass is 9.96. The van der Waals surface area contributed by atoms with Crippen LogP contribution in [0.1, 0.15) is 23.2 Å². The molecule has 3 aromatic rings. The number of anilines is 1. The minimum absolute atomic E-state index is 0.0615. The van der Waals surface area contributed by atoms with Crippen LogP contribution in [-0.4, -0.2) is 40.3 Å². The summed E-state index contributed by atoms with van der Waals surface area (Å²) < 4.78 is 0. The van der Waals surface area contributed by atoms with Crippen molar-refractivity contribution in [3.8, 4) is 0 Å². The van der Waals surface area contributed by atoms with Gasteiger partial charge < -0.3 is 10.2 Å². The molecular formula is C22H22N4O3. The van der Waals surface area contributed by atoms with E-state index in [-0.39, 0.29) is 16.5 Å². The van der Waals surface area contributed by atoms with Crippen LogP contribution >= 0.6 is 0 Å². The molecule has 0 spiro atoms. The minimum atomic E-state index is -0.382. The number of non-ortho nitro benzene ring substituents is 1. The molecule has 2 aromatic carbocycles. The Labute approximate surface area is 168 Å². The molecule has 1 fully saturated rings. The Kier molecular flexibility index (Phi) is 5.37. The number of piperidine rings is 1. The van der Waals surface area contributed by atoms with E-state index in [4.69, 9.17) is 0 Å². The molecular weight excluding hydrogens is 368 g/mol. The summed E-state index contributed by atoms with van der Waals surface area (Å²) in [6, 6.07) is 16.0. The summed E-state index contributed by atoms with van der Waals surface area (Å²) in [5, 5.41) is 15.2. The minimum Gasteiger partial charge on any atom is -0.383 e. The Hall–Kier alpha value is -3.48. The molecule has 0 bridgehead atoms. The van der Waals surface area contributed by atoms with Crippen LogP contribution in [-0.2, 0) is 0 Å². The molecule has 0 atom stereocenters. The number of nitrogens with one attached hydrogen (secondary N) is 1. The number of hydrogen-bond acceptors (Lipinski definition) is 5. The van der Waals surface area contributed by atoms with Gasteiger partial charge in [0.2, 0.25) is 0 Å². The van der Waals surface area contributed by atoms with Gasteiger partial charge in [-0.25, -0.2) is 0 Å². The van der Waals surface area contributed by atoms with E-state index >= 15 is 0 Å². The van der Waals surface area contributed by atoms with Gasteiger partial charge in [0.05, 0.1) is 16.0 Å². The van der Waals surface area contributed by atoms with Crippen molar-refractivity contribution in [2.24, 2.45) is 5.92 Å². The van der Waals surface area contributed by atoms with E-state index in [1.54, 1.807) is 24.4 Å². The van der Waals surface area contributed by atoms with Crippen LogP contribution in [0.4, 0.5) is 11.4 Å². The number of carbonyl (C=O) groups is 1. The number of fused-ring (bicyclic) bond motifs is 1. The van der Waals surface area contributed by atoms with Gasteiger partial charge in [-0.2, -0.15) is 0 Å². The Morgan fingerprint density at radius 1 is 1.10 bits per heavy atom. The standard InChI is InChI=1S/C22H22N4O3/c27-22(17-5-2-1-3-6-17)25-13-10-16(11-14-25)15-24-19-8-9-20(26(28)29)18-7-4-12-23-21(18)19/h1-9,12,16,24H,10-11,13-15H2. The molecule has 148 valence electrons. The predicted octanol–water partition coefficient (Wildman–Crippen LogP) is 4.11. The third-order valence-electron chi connectivity index (χ3n) is 5.45. The Morgan fingerprint density at radius 3 is 2.59 bits per heavy atom. The first kappa shape index (κ1) is 18.9. The number of rotatable bonds is 5. The third-order valence-corrected chi connectivity index (χ3v) is 5.45. The molecule has 29 heavy (non-hydrogen) atoms. The van der Waals surface area contributed by atoms with Gasteiger partial charge in [-0.05, 0) is 49.1 Å². The number of nitro groups is 1. The van der Waals surface area contributed by atoms with Crippen molar-refractivity contribution in [3.63, 3.8) is 0 Å². The maximum atomic E-state index is 12.6. The number of pyridine rings is 1. The summed E-state index contributed by atoms with van der Waals surface area (Å²) >= 11 is 0. The first-order valence-electron chi connectivity index (χ1n) is 9.74. The highest BCUT2D eigenvalue weighted by atomic mass is 16.6. The second-order valence-electron chi connectivity index (χ2n) is 7.27. The summed E-state index contributed by atoms with van der Waals surface area (Å²) in [5.41, 5.74) is 2.20. The number of likely N-dealkylation sites (tertiary alicyclic amines) is 1. The van der Waals surface area contributed by atoms with E-state index in [2.05, 4.69) is 10.3 Å². The smallest absolute Gasteiger partial charge is 0.278 e. The molecule has 1 aromatic heterocycles. The SMILES string of the molecule is O=C(c1ccccc1)N1CCC(CNc2ccc([N+](=O)[O-])c3cccnc23)CC1. The zero-order valence-electron chi connectivity index (χ0n) is 16.0. The van der Waals surface area contributed by atoms with E-state index in [1.807, 2.05) is 35.2 Å². The molecule has 1 N–H and O–H groups in total. The van der Waals surface area contributed by atoms with Crippen molar-refractivity contribution in [2.75, 3.05) is 25.0 Å². The van der Waals surface area contributed by atoms with E-state index in [0.29, 0.717) is 16.8 Å². The highest BCUT2D eigenvalue weighted by molar-refractivity contribution is 5.96. The fourth-order valence-electron chi connectivity index (χ4n) is 3.82. The molecule has 4 rings (SSSR count). The number of amides is 1. The highest BCUT2D eigenvalue weighted by Crippen LogP contribution is 2.30. The quantitative estimate of drug-likeness (QED) is 0.523. The van der Waals surface area contributed by atoms with E-state index in [0.717, 1.165) is 43.7 Å². The number of aromatic nitrogens is 1. The van der Waals surface area contributed by atoms with Gasteiger partial charge in [0.15, 0.2) is 0 Å². The number of hydrogen-bond donors (Lipinski definition) is 1. The van der Waals surface area contributed by atoms with Crippen LogP contribution in [0.25, 0.3) is 10.9 Å². The fraction of sp³-hybridized carbons (Fsp3) is 0.273. The Balaban J connectivity index is 1.38. The monoisotopic (exact) mass is 390 g/mol. The van der Waals surface area contributed by atoms with Crippen LogP contribution in [0.3, 0.4) is 0 Å². The molecule has 0 unspecified atom stereocenters. The average Bonchev–Trinajstić information content (AvgIpc) is 2.77. The first-order valence-corrected chi connectivity index (χ1v) is 9.74. The van der Waals surface area contributed by atoms with Crippen molar-refractivity contribution in [1.29, 1.82) is 0 Å². The molecule has 1 aliphatic rings. The van der Waals surface area contributed by atoms with E-state index in [1.165, 1.54) is 6.07 Å². The van der Waals surface area contributed by atoms with Gasteiger partial charge in [-0.1, -0.05) is 18.2 Å². The molecule has 1 amide bonds. The molecule has 1 aliphatic heterocycles. The second-order valence-corrected chi connectivity index (χ2v) is 7.27. The van der Waals surface area contributed by atoms with Crippen molar-refractivity contribution in [3.05, 3.63) is 76.5 Å². The lowest BCUT2D eigenvalue weighted by Gasteiger charge is -2.32. The Morgan fingerprint density at radius 2 is 1.86 bits per heavy atom. The summed E-state index contributed by atoms with van der Waals surface area (Å²) in [5.74, 6) is 0.520. The predicted molar refractivity (Wildman–Crippen MR) is 112 cm³/mol. The first-order chi connectivity index (χ1) is 14.1. The lowest BCUT2D eigenvalue weighted by Crippen LogP contribution is -2.39. The van der Waals surface area contributed by atoms with Gasteiger partial charge in [0.1, 0.15) is 5.52 Å². The van der Waals surface area contributed by atoms with Gasteiger partial charge >= 0.3 is 0 Å². The second kappa shape index (κ2) is 8.26. The van der Waals surface area contributed by atoms with Crippen molar-refractivity contribution < 1.29 is 9.72 Å². The molecule has 1 saturated heterocycles. The zero-order chi connectivity index (χ0) is 20.2. The molecule has 7 heteroatoms. The van der Waals surface area contributed by atoms with Crippen LogP contribution in [0.2, 0.25) is 0 Å². The van der Waals surface area contributed by atoms with Crippen molar-refractivity contribution >= 4 is 28.2 Å². The van der Waals surface area contributed by atoms with Crippen LogP contribution in [0.15, 0.2) is 60.8 Å².